The average molecular weight is 484 g/mol. The van der Waals surface area contributed by atoms with Crippen molar-refractivity contribution in [2.45, 2.75) is 25.9 Å². The number of hydrogen-bond donors (Lipinski definition) is 1. The summed E-state index contributed by atoms with van der Waals surface area (Å²) >= 11 is 0. The first kappa shape index (κ1) is 23.3. The van der Waals surface area contributed by atoms with Gasteiger partial charge in [0.15, 0.2) is 0 Å². The van der Waals surface area contributed by atoms with Gasteiger partial charge in [-0.25, -0.2) is 0 Å². The Morgan fingerprint density at radius 2 is 1.67 bits per heavy atom. The highest BCUT2D eigenvalue weighted by Gasteiger charge is 2.35. The third-order valence-electron chi connectivity index (χ3n) is 6.48. The lowest BCUT2D eigenvalue weighted by atomic mass is 10.1. The Hall–Kier alpha value is -4.46. The van der Waals surface area contributed by atoms with Crippen molar-refractivity contribution in [3.8, 4) is 5.75 Å². The number of imide groups is 1. The van der Waals surface area contributed by atoms with Crippen LogP contribution < -0.4 is 15.0 Å². The van der Waals surface area contributed by atoms with E-state index in [0.29, 0.717) is 41.0 Å². The zero-order valence-corrected chi connectivity index (χ0v) is 19.8. The first-order chi connectivity index (χ1) is 17.5. The molecular formula is C28H25N3O5. The Labute approximate surface area is 208 Å². The normalized spacial score (nSPS) is 14.9. The molecule has 3 aromatic carbocycles. The quantitative estimate of drug-likeness (QED) is 0.519. The molecule has 4 amide bonds. The van der Waals surface area contributed by atoms with Crippen LogP contribution in [0.2, 0.25) is 0 Å². The van der Waals surface area contributed by atoms with Gasteiger partial charge < -0.3 is 15.0 Å². The van der Waals surface area contributed by atoms with E-state index < -0.39 is 0 Å². The molecule has 0 atom stereocenters. The van der Waals surface area contributed by atoms with Gasteiger partial charge in [0, 0.05) is 25.2 Å². The summed E-state index contributed by atoms with van der Waals surface area (Å²) in [5.74, 6) is -0.563. The summed E-state index contributed by atoms with van der Waals surface area (Å²) in [6.45, 7) is 1.01. The Bertz CT molecular complexity index is 1350. The van der Waals surface area contributed by atoms with Crippen LogP contribution in [0, 0.1) is 0 Å². The third-order valence-corrected chi connectivity index (χ3v) is 6.48. The number of ether oxygens (including phenoxy) is 1. The van der Waals surface area contributed by atoms with E-state index in [2.05, 4.69) is 5.32 Å². The SMILES string of the molecule is COc1ccc(CN2C(=O)c3ccccc3C2=O)cc1C(=O)NCc1cccc(N2CCCC2=O)c1. The van der Waals surface area contributed by atoms with Crippen molar-refractivity contribution in [1.82, 2.24) is 10.2 Å². The highest BCUT2D eigenvalue weighted by atomic mass is 16.5. The van der Waals surface area contributed by atoms with Gasteiger partial charge in [-0.3, -0.25) is 24.1 Å². The largest absolute Gasteiger partial charge is 0.496 e. The Kier molecular flexibility index (Phi) is 6.25. The van der Waals surface area contributed by atoms with Crippen molar-refractivity contribution in [3.05, 3.63) is 94.5 Å². The number of rotatable bonds is 7. The number of benzene rings is 3. The second-order valence-electron chi connectivity index (χ2n) is 8.78. The van der Waals surface area contributed by atoms with Crippen LogP contribution in [0.15, 0.2) is 66.7 Å². The summed E-state index contributed by atoms with van der Waals surface area (Å²) < 4.78 is 5.38. The molecule has 36 heavy (non-hydrogen) atoms. The molecule has 0 bridgehead atoms. The molecule has 2 heterocycles. The van der Waals surface area contributed by atoms with Gasteiger partial charge >= 0.3 is 0 Å². The van der Waals surface area contributed by atoms with Crippen molar-refractivity contribution in [1.29, 1.82) is 0 Å². The third kappa shape index (κ3) is 4.33. The van der Waals surface area contributed by atoms with Crippen LogP contribution in [0.5, 0.6) is 5.75 Å². The summed E-state index contributed by atoms with van der Waals surface area (Å²) in [4.78, 5) is 53.6. The van der Waals surface area contributed by atoms with Crippen molar-refractivity contribution in [2.75, 3.05) is 18.6 Å². The average Bonchev–Trinajstić information content (AvgIpc) is 3.44. The number of carbonyl (C=O) groups excluding carboxylic acids is 4. The fourth-order valence-corrected chi connectivity index (χ4v) is 4.63. The van der Waals surface area contributed by atoms with Gasteiger partial charge in [-0.1, -0.05) is 30.3 Å². The zero-order chi connectivity index (χ0) is 25.2. The molecule has 1 N–H and O–H groups in total. The maximum Gasteiger partial charge on any atom is 0.261 e. The molecule has 0 aromatic heterocycles. The minimum absolute atomic E-state index is 0.0442. The van der Waals surface area contributed by atoms with Gasteiger partial charge in [-0.05, 0) is 53.9 Å². The molecule has 8 nitrogen and oxygen atoms in total. The van der Waals surface area contributed by atoms with Gasteiger partial charge in [0.25, 0.3) is 17.7 Å². The molecular weight excluding hydrogens is 458 g/mol. The van der Waals surface area contributed by atoms with Gasteiger partial charge in [-0.15, -0.1) is 0 Å². The summed E-state index contributed by atoms with van der Waals surface area (Å²) in [6.07, 6.45) is 1.40. The number of hydrogen-bond acceptors (Lipinski definition) is 5. The molecule has 0 radical (unpaired) electrons. The maximum atomic E-state index is 13.1. The molecule has 2 aliphatic heterocycles. The summed E-state index contributed by atoms with van der Waals surface area (Å²) in [5, 5.41) is 2.90. The van der Waals surface area contributed by atoms with Crippen LogP contribution in [0.25, 0.3) is 0 Å². The van der Waals surface area contributed by atoms with Crippen LogP contribution in [0.1, 0.15) is 55.0 Å². The van der Waals surface area contributed by atoms with Crippen molar-refractivity contribution >= 4 is 29.3 Å². The van der Waals surface area contributed by atoms with E-state index in [1.165, 1.54) is 12.0 Å². The number of carbonyl (C=O) groups is 4. The monoisotopic (exact) mass is 483 g/mol. The molecule has 1 saturated heterocycles. The number of amides is 4. The van der Waals surface area contributed by atoms with Crippen LogP contribution in [0.4, 0.5) is 5.69 Å². The van der Waals surface area contributed by atoms with Crippen molar-refractivity contribution < 1.29 is 23.9 Å². The molecule has 0 spiro atoms. The van der Waals surface area contributed by atoms with Gasteiger partial charge in [-0.2, -0.15) is 0 Å². The molecule has 182 valence electrons. The van der Waals surface area contributed by atoms with Crippen LogP contribution in [0.3, 0.4) is 0 Å². The van der Waals surface area contributed by atoms with E-state index >= 15 is 0 Å². The standard InChI is InChI=1S/C28H25N3O5/c1-36-24-12-11-19(17-31-27(34)21-8-2-3-9-22(21)28(31)35)15-23(24)26(33)29-16-18-6-4-7-20(14-18)30-13-5-10-25(30)32/h2-4,6-9,11-12,14-15H,5,10,13,16-17H2,1H3,(H,29,33). The number of anilines is 1. The molecule has 0 aliphatic carbocycles. The maximum absolute atomic E-state index is 13.1. The lowest BCUT2D eigenvalue weighted by molar-refractivity contribution is -0.117. The van der Waals surface area contributed by atoms with Crippen molar-refractivity contribution in [3.63, 3.8) is 0 Å². The highest BCUT2D eigenvalue weighted by Crippen LogP contribution is 2.27. The summed E-state index contributed by atoms with van der Waals surface area (Å²) in [7, 11) is 1.48. The van der Waals surface area contributed by atoms with E-state index in [0.717, 1.165) is 17.7 Å². The molecule has 8 heteroatoms. The Morgan fingerprint density at radius 3 is 2.33 bits per heavy atom. The number of nitrogens with one attached hydrogen (secondary N) is 1. The van der Waals surface area contributed by atoms with E-state index in [-0.39, 0.29) is 36.7 Å². The molecule has 0 saturated carbocycles. The van der Waals surface area contributed by atoms with Gasteiger partial charge in [0.2, 0.25) is 5.91 Å². The number of fused-ring (bicyclic) bond motifs is 1. The number of nitrogens with zero attached hydrogens (tertiary/aromatic N) is 2. The summed E-state index contributed by atoms with van der Waals surface area (Å²) in [5.41, 5.74) is 3.38. The first-order valence-electron chi connectivity index (χ1n) is 11.8. The minimum atomic E-state index is -0.353. The first-order valence-corrected chi connectivity index (χ1v) is 11.8. The Balaban J connectivity index is 1.30. The zero-order valence-electron chi connectivity index (χ0n) is 19.8. The molecule has 2 aliphatic rings. The molecule has 3 aromatic rings. The fourth-order valence-electron chi connectivity index (χ4n) is 4.63. The number of methoxy groups -OCH3 is 1. The second kappa shape index (κ2) is 9.65. The summed E-state index contributed by atoms with van der Waals surface area (Å²) in [6, 6.07) is 19.3. The van der Waals surface area contributed by atoms with Crippen molar-refractivity contribution in [2.24, 2.45) is 0 Å². The van der Waals surface area contributed by atoms with Gasteiger partial charge in [0.1, 0.15) is 5.75 Å². The van der Waals surface area contributed by atoms with E-state index in [1.54, 1.807) is 47.4 Å². The minimum Gasteiger partial charge on any atom is -0.496 e. The van der Waals surface area contributed by atoms with E-state index in [1.807, 2.05) is 24.3 Å². The highest BCUT2D eigenvalue weighted by molar-refractivity contribution is 6.21. The predicted molar refractivity (Wildman–Crippen MR) is 133 cm³/mol. The van der Waals surface area contributed by atoms with Gasteiger partial charge in [0.05, 0.1) is 30.3 Å². The molecule has 1 fully saturated rings. The smallest absolute Gasteiger partial charge is 0.261 e. The van der Waals surface area contributed by atoms with Crippen LogP contribution in [-0.4, -0.2) is 42.2 Å². The van der Waals surface area contributed by atoms with E-state index in [4.69, 9.17) is 4.74 Å². The fraction of sp³-hybridized carbons (Fsp3) is 0.214. The van der Waals surface area contributed by atoms with E-state index in [9.17, 15) is 19.2 Å². The lowest BCUT2D eigenvalue weighted by Crippen LogP contribution is -2.29. The lowest BCUT2D eigenvalue weighted by Gasteiger charge is -2.17. The Morgan fingerprint density at radius 1 is 0.917 bits per heavy atom. The second-order valence-corrected chi connectivity index (χ2v) is 8.78. The molecule has 0 unspecified atom stereocenters. The van der Waals surface area contributed by atoms with Crippen LogP contribution >= 0.6 is 0 Å². The molecule has 5 rings (SSSR count). The predicted octanol–water partition coefficient (Wildman–Crippen LogP) is 3.55. The topological polar surface area (TPSA) is 96.0 Å². The van der Waals surface area contributed by atoms with Crippen LogP contribution in [-0.2, 0) is 17.9 Å².